The second kappa shape index (κ2) is 5.59. The van der Waals surface area contributed by atoms with Crippen LogP contribution in [0, 0.1) is 0 Å². The van der Waals surface area contributed by atoms with E-state index in [9.17, 15) is 8.42 Å². The summed E-state index contributed by atoms with van der Waals surface area (Å²) in [4.78, 5) is -0.0570. The number of hydrogen-bond acceptors (Lipinski definition) is 2. The van der Waals surface area contributed by atoms with Gasteiger partial charge < -0.3 is 0 Å². The van der Waals surface area contributed by atoms with E-state index in [-0.39, 0.29) is 15.6 Å². The number of benzene rings is 2. The Bertz CT molecular complexity index is 717. The molecule has 2 aromatic rings. The van der Waals surface area contributed by atoms with Crippen LogP contribution in [0.4, 0.5) is 5.69 Å². The zero-order chi connectivity index (χ0) is 14.0. The van der Waals surface area contributed by atoms with Crippen molar-refractivity contribution in [1.82, 2.24) is 0 Å². The lowest BCUT2D eigenvalue weighted by Crippen LogP contribution is -2.13. The first-order valence-corrected chi connectivity index (χ1v) is 7.74. The fourth-order valence-corrected chi connectivity index (χ4v) is 3.53. The quantitative estimate of drug-likeness (QED) is 0.900. The highest BCUT2D eigenvalue weighted by molar-refractivity contribution is 7.92. The summed E-state index contributed by atoms with van der Waals surface area (Å²) >= 11 is 17.5. The van der Waals surface area contributed by atoms with Gasteiger partial charge in [-0.1, -0.05) is 46.9 Å². The molecule has 7 heteroatoms. The molecule has 1 N–H and O–H groups in total. The van der Waals surface area contributed by atoms with Crippen molar-refractivity contribution in [2.45, 2.75) is 4.90 Å². The van der Waals surface area contributed by atoms with E-state index in [4.69, 9.17) is 34.8 Å². The van der Waals surface area contributed by atoms with Crippen molar-refractivity contribution < 1.29 is 8.42 Å². The number of para-hydroxylation sites is 1. The summed E-state index contributed by atoms with van der Waals surface area (Å²) in [6.07, 6.45) is 0. The van der Waals surface area contributed by atoms with Gasteiger partial charge in [-0.3, -0.25) is 4.72 Å². The van der Waals surface area contributed by atoms with E-state index in [2.05, 4.69) is 4.72 Å². The van der Waals surface area contributed by atoms with Gasteiger partial charge in [0.2, 0.25) is 0 Å². The molecule has 0 bridgehead atoms. The van der Waals surface area contributed by atoms with Crippen LogP contribution in [0.25, 0.3) is 0 Å². The maximum atomic E-state index is 12.2. The predicted molar refractivity (Wildman–Crippen MR) is 78.7 cm³/mol. The minimum atomic E-state index is -3.81. The molecule has 0 aliphatic carbocycles. The number of halogens is 3. The summed E-state index contributed by atoms with van der Waals surface area (Å²) in [6.45, 7) is 0. The van der Waals surface area contributed by atoms with Crippen molar-refractivity contribution in [2.24, 2.45) is 0 Å². The third kappa shape index (κ3) is 3.34. The molecule has 0 aromatic heterocycles. The van der Waals surface area contributed by atoms with Gasteiger partial charge in [0.05, 0.1) is 15.7 Å². The number of nitrogens with one attached hydrogen (secondary N) is 1. The average Bonchev–Trinajstić information content (AvgIpc) is 2.31. The molecule has 0 fully saturated rings. The molecule has 0 aliphatic rings. The molecule has 0 saturated heterocycles. The van der Waals surface area contributed by atoms with E-state index in [1.54, 1.807) is 24.3 Å². The van der Waals surface area contributed by atoms with Crippen molar-refractivity contribution in [1.29, 1.82) is 0 Å². The van der Waals surface area contributed by atoms with E-state index < -0.39 is 10.0 Å². The molecule has 0 unspecified atom stereocenters. The number of rotatable bonds is 3. The third-order valence-electron chi connectivity index (χ3n) is 2.30. The van der Waals surface area contributed by atoms with Crippen LogP contribution in [-0.4, -0.2) is 8.42 Å². The first-order chi connectivity index (χ1) is 8.90. The molecule has 0 aliphatic heterocycles. The SMILES string of the molecule is O=S(=O)(Nc1ccccc1Cl)c1ccc(Cl)cc1Cl. The molecule has 0 heterocycles. The Hall–Kier alpha value is -0.940. The fourth-order valence-electron chi connectivity index (χ4n) is 1.44. The van der Waals surface area contributed by atoms with E-state index in [0.717, 1.165) is 0 Å². The summed E-state index contributed by atoms with van der Waals surface area (Å²) in [6, 6.07) is 10.7. The van der Waals surface area contributed by atoms with Crippen LogP contribution in [0.2, 0.25) is 15.1 Å². The summed E-state index contributed by atoms with van der Waals surface area (Å²) < 4.78 is 26.8. The molecular weight excluding hydrogens is 329 g/mol. The fraction of sp³-hybridized carbons (Fsp3) is 0. The maximum absolute atomic E-state index is 12.2. The molecule has 0 spiro atoms. The second-order valence-electron chi connectivity index (χ2n) is 3.66. The Morgan fingerprint density at radius 3 is 2.21 bits per heavy atom. The molecule has 2 rings (SSSR count). The van der Waals surface area contributed by atoms with E-state index >= 15 is 0 Å². The molecule has 0 radical (unpaired) electrons. The van der Waals surface area contributed by atoms with Gasteiger partial charge in [0.1, 0.15) is 4.90 Å². The summed E-state index contributed by atoms with van der Waals surface area (Å²) in [7, 11) is -3.81. The minimum absolute atomic E-state index is 0.0482. The number of hydrogen-bond donors (Lipinski definition) is 1. The van der Waals surface area contributed by atoms with Crippen LogP contribution in [0.15, 0.2) is 47.4 Å². The normalized spacial score (nSPS) is 11.3. The van der Waals surface area contributed by atoms with Gasteiger partial charge in [-0.2, -0.15) is 0 Å². The van der Waals surface area contributed by atoms with Gasteiger partial charge >= 0.3 is 0 Å². The zero-order valence-corrected chi connectivity index (χ0v) is 12.5. The highest BCUT2D eigenvalue weighted by Gasteiger charge is 2.19. The first kappa shape index (κ1) is 14.5. The van der Waals surface area contributed by atoms with Gasteiger partial charge in [-0.05, 0) is 30.3 Å². The highest BCUT2D eigenvalue weighted by Crippen LogP contribution is 2.28. The number of anilines is 1. The summed E-state index contributed by atoms with van der Waals surface area (Å²) in [5.41, 5.74) is 0.287. The van der Waals surface area contributed by atoms with Crippen molar-refractivity contribution in [3.8, 4) is 0 Å². The molecule has 0 amide bonds. The zero-order valence-electron chi connectivity index (χ0n) is 9.40. The van der Waals surface area contributed by atoms with E-state index in [1.807, 2.05) is 0 Å². The third-order valence-corrected chi connectivity index (χ3v) is 4.71. The molecule has 0 saturated carbocycles. The monoisotopic (exact) mass is 335 g/mol. The van der Waals surface area contributed by atoms with Crippen molar-refractivity contribution in [3.63, 3.8) is 0 Å². The van der Waals surface area contributed by atoms with Gasteiger partial charge in [0.15, 0.2) is 0 Å². The van der Waals surface area contributed by atoms with Crippen LogP contribution in [0.1, 0.15) is 0 Å². The van der Waals surface area contributed by atoms with Crippen LogP contribution in [0.5, 0.6) is 0 Å². The molecule has 0 atom stereocenters. The van der Waals surface area contributed by atoms with E-state index in [1.165, 1.54) is 18.2 Å². The molecular formula is C12H8Cl3NO2S. The Morgan fingerprint density at radius 2 is 1.58 bits per heavy atom. The van der Waals surface area contributed by atoms with Crippen LogP contribution >= 0.6 is 34.8 Å². The molecule has 100 valence electrons. The van der Waals surface area contributed by atoms with Gasteiger partial charge in [-0.25, -0.2) is 8.42 Å². The standard InChI is InChI=1S/C12H8Cl3NO2S/c13-8-5-6-12(10(15)7-8)19(17,18)16-11-4-2-1-3-9(11)14/h1-7,16H. The van der Waals surface area contributed by atoms with Gasteiger partial charge in [0, 0.05) is 5.02 Å². The lowest BCUT2D eigenvalue weighted by molar-refractivity contribution is 0.601. The lowest BCUT2D eigenvalue weighted by Gasteiger charge is -2.10. The molecule has 3 nitrogen and oxygen atoms in total. The lowest BCUT2D eigenvalue weighted by atomic mass is 10.3. The topological polar surface area (TPSA) is 46.2 Å². The van der Waals surface area contributed by atoms with E-state index in [0.29, 0.717) is 10.0 Å². The molecule has 2 aromatic carbocycles. The van der Waals surface area contributed by atoms with Gasteiger partial charge in [-0.15, -0.1) is 0 Å². The Morgan fingerprint density at radius 1 is 0.895 bits per heavy atom. The Labute approximate surface area is 126 Å². The summed E-state index contributed by atoms with van der Waals surface area (Å²) in [5, 5.41) is 0.713. The number of sulfonamides is 1. The Balaban J connectivity index is 2.41. The largest absolute Gasteiger partial charge is 0.278 e. The predicted octanol–water partition coefficient (Wildman–Crippen LogP) is 4.45. The van der Waals surface area contributed by atoms with Crippen molar-refractivity contribution in [2.75, 3.05) is 4.72 Å². The van der Waals surface area contributed by atoms with Crippen LogP contribution in [-0.2, 0) is 10.0 Å². The minimum Gasteiger partial charge on any atom is -0.278 e. The summed E-state index contributed by atoms with van der Waals surface area (Å²) in [5.74, 6) is 0. The second-order valence-corrected chi connectivity index (χ2v) is 6.56. The Kier molecular flexibility index (Phi) is 4.26. The van der Waals surface area contributed by atoms with Crippen molar-refractivity contribution >= 4 is 50.5 Å². The molecule has 19 heavy (non-hydrogen) atoms. The van der Waals surface area contributed by atoms with Gasteiger partial charge in [0.25, 0.3) is 10.0 Å². The van der Waals surface area contributed by atoms with Crippen molar-refractivity contribution in [3.05, 3.63) is 57.5 Å². The smallest absolute Gasteiger partial charge is 0.263 e. The maximum Gasteiger partial charge on any atom is 0.263 e. The van der Waals surface area contributed by atoms with Crippen LogP contribution < -0.4 is 4.72 Å². The first-order valence-electron chi connectivity index (χ1n) is 5.12. The van der Waals surface area contributed by atoms with Crippen LogP contribution in [0.3, 0.4) is 0 Å². The average molecular weight is 337 g/mol. The highest BCUT2D eigenvalue weighted by atomic mass is 35.5.